The number of halogens is 2. The molecule has 4 nitrogen and oxygen atoms in total. The number of benzene rings is 2. The van der Waals surface area contributed by atoms with E-state index in [0.717, 1.165) is 6.07 Å². The monoisotopic (exact) mass is 272 g/mol. The summed E-state index contributed by atoms with van der Waals surface area (Å²) in [5, 5.41) is 3.99. The molecule has 0 saturated carbocycles. The Morgan fingerprint density at radius 2 is 1.90 bits per heavy atom. The van der Waals surface area contributed by atoms with Crippen LogP contribution >= 0.6 is 0 Å². The van der Waals surface area contributed by atoms with Crippen LogP contribution in [0, 0.1) is 11.6 Å². The molecule has 0 spiro atoms. The molecule has 0 saturated heterocycles. The number of anilines is 1. The number of hydrogen-bond donors (Lipinski definition) is 1. The molecule has 2 aromatic carbocycles. The Balaban J connectivity index is 2.15. The lowest BCUT2D eigenvalue weighted by atomic mass is 10.2. The lowest BCUT2D eigenvalue weighted by Crippen LogP contribution is -2.03. The minimum atomic E-state index is -0.708. The van der Waals surface area contributed by atoms with E-state index in [9.17, 15) is 8.78 Å². The molecule has 0 aliphatic rings. The van der Waals surface area contributed by atoms with Gasteiger partial charge in [0.15, 0.2) is 11.6 Å². The van der Waals surface area contributed by atoms with Crippen molar-refractivity contribution < 1.29 is 8.78 Å². The van der Waals surface area contributed by atoms with Gasteiger partial charge in [-0.05, 0) is 24.3 Å². The van der Waals surface area contributed by atoms with E-state index in [1.165, 1.54) is 23.1 Å². The Morgan fingerprint density at radius 1 is 1.05 bits per heavy atom. The number of nitrogen functional groups attached to an aromatic ring is 1. The van der Waals surface area contributed by atoms with E-state index in [2.05, 4.69) is 10.1 Å². The zero-order chi connectivity index (χ0) is 14.1. The fourth-order valence-corrected chi connectivity index (χ4v) is 1.95. The van der Waals surface area contributed by atoms with Gasteiger partial charge in [-0.2, -0.15) is 5.10 Å². The highest BCUT2D eigenvalue weighted by Gasteiger charge is 2.13. The fraction of sp³-hybridized carbons (Fsp3) is 0. The summed E-state index contributed by atoms with van der Waals surface area (Å²) in [6.07, 6.45) is 1.31. The lowest BCUT2D eigenvalue weighted by Gasteiger charge is -2.07. The van der Waals surface area contributed by atoms with E-state index >= 15 is 0 Å². The van der Waals surface area contributed by atoms with Crippen molar-refractivity contribution in [2.75, 3.05) is 5.73 Å². The summed E-state index contributed by atoms with van der Waals surface area (Å²) in [5.41, 5.74) is 7.11. The molecule has 100 valence electrons. The average Bonchev–Trinajstić information content (AvgIpc) is 2.87. The van der Waals surface area contributed by atoms with Crippen LogP contribution in [-0.2, 0) is 0 Å². The number of rotatable bonds is 2. The molecule has 0 radical (unpaired) electrons. The molecule has 20 heavy (non-hydrogen) atoms. The third kappa shape index (κ3) is 2.11. The summed E-state index contributed by atoms with van der Waals surface area (Å²) < 4.78 is 28.1. The van der Waals surface area contributed by atoms with Gasteiger partial charge in [-0.15, -0.1) is 0 Å². The predicted molar refractivity (Wildman–Crippen MR) is 71.1 cm³/mol. The highest BCUT2D eigenvalue weighted by molar-refractivity contribution is 5.62. The van der Waals surface area contributed by atoms with Crippen LogP contribution in [0.2, 0.25) is 0 Å². The molecule has 0 aliphatic carbocycles. The molecule has 3 aromatic rings. The van der Waals surface area contributed by atoms with Gasteiger partial charge >= 0.3 is 0 Å². The Bertz CT molecular complexity index is 767. The van der Waals surface area contributed by atoms with E-state index in [1.54, 1.807) is 24.3 Å². The second-order valence-corrected chi connectivity index (χ2v) is 4.22. The Morgan fingerprint density at radius 3 is 2.65 bits per heavy atom. The summed E-state index contributed by atoms with van der Waals surface area (Å²) >= 11 is 0. The van der Waals surface area contributed by atoms with Crippen molar-refractivity contribution in [3.63, 3.8) is 0 Å². The Labute approximate surface area is 113 Å². The smallest absolute Gasteiger partial charge is 0.163 e. The number of hydrogen-bond acceptors (Lipinski definition) is 3. The number of aromatic nitrogens is 3. The molecule has 3 rings (SSSR count). The first-order valence-electron chi connectivity index (χ1n) is 5.86. The van der Waals surface area contributed by atoms with E-state index in [0.29, 0.717) is 17.1 Å². The fourth-order valence-electron chi connectivity index (χ4n) is 1.95. The quantitative estimate of drug-likeness (QED) is 0.730. The molecule has 6 heteroatoms. The van der Waals surface area contributed by atoms with Crippen molar-refractivity contribution in [2.45, 2.75) is 0 Å². The summed E-state index contributed by atoms with van der Waals surface area (Å²) in [7, 11) is 0. The molecule has 0 atom stereocenters. The maximum absolute atomic E-state index is 13.8. The van der Waals surface area contributed by atoms with E-state index < -0.39 is 11.6 Å². The van der Waals surface area contributed by atoms with Crippen LogP contribution in [0.1, 0.15) is 0 Å². The van der Waals surface area contributed by atoms with Crippen LogP contribution in [-0.4, -0.2) is 14.8 Å². The normalized spacial score (nSPS) is 10.7. The molecule has 0 fully saturated rings. The zero-order valence-corrected chi connectivity index (χ0v) is 10.3. The highest BCUT2D eigenvalue weighted by Crippen LogP contribution is 2.23. The molecule has 1 heterocycles. The summed E-state index contributed by atoms with van der Waals surface area (Å²) in [4.78, 5) is 4.10. The van der Waals surface area contributed by atoms with Crippen LogP contribution in [0.15, 0.2) is 48.8 Å². The second kappa shape index (κ2) is 4.73. The molecule has 1 aromatic heterocycles. The van der Waals surface area contributed by atoms with Gasteiger partial charge in [-0.1, -0.05) is 12.1 Å². The van der Waals surface area contributed by atoms with Crippen LogP contribution < -0.4 is 5.73 Å². The zero-order valence-electron chi connectivity index (χ0n) is 10.3. The van der Waals surface area contributed by atoms with Crippen molar-refractivity contribution in [3.8, 4) is 17.1 Å². The summed E-state index contributed by atoms with van der Waals surface area (Å²) in [6, 6.07) is 10.3. The number of nitrogens with two attached hydrogens (primary N) is 1. The third-order valence-electron chi connectivity index (χ3n) is 2.83. The summed E-state index contributed by atoms with van der Waals surface area (Å²) in [6.45, 7) is 0. The molecule has 2 N–H and O–H groups in total. The van der Waals surface area contributed by atoms with Crippen molar-refractivity contribution >= 4 is 5.69 Å². The van der Waals surface area contributed by atoms with Crippen molar-refractivity contribution in [1.29, 1.82) is 0 Å². The van der Waals surface area contributed by atoms with Crippen LogP contribution in [0.25, 0.3) is 17.1 Å². The molecule has 0 unspecified atom stereocenters. The first-order chi connectivity index (χ1) is 9.65. The molecular weight excluding hydrogens is 262 g/mol. The van der Waals surface area contributed by atoms with Gasteiger partial charge in [0.05, 0.1) is 0 Å². The lowest BCUT2D eigenvalue weighted by molar-refractivity contribution is 0.574. The first-order valence-corrected chi connectivity index (χ1v) is 5.86. The van der Waals surface area contributed by atoms with E-state index in [4.69, 9.17) is 5.73 Å². The topological polar surface area (TPSA) is 56.7 Å². The Kier molecular flexibility index (Phi) is 2.90. The van der Waals surface area contributed by atoms with Gasteiger partial charge in [0.1, 0.15) is 17.8 Å². The maximum atomic E-state index is 13.8. The second-order valence-electron chi connectivity index (χ2n) is 4.22. The van der Waals surface area contributed by atoms with Crippen molar-refractivity contribution in [1.82, 2.24) is 14.8 Å². The minimum absolute atomic E-state index is 0.126. The van der Waals surface area contributed by atoms with Crippen molar-refractivity contribution in [2.24, 2.45) is 0 Å². The van der Waals surface area contributed by atoms with E-state index in [1.807, 2.05) is 0 Å². The SMILES string of the molecule is Nc1cccc(-c2ncnn2-c2ccc(F)cc2F)c1. The largest absolute Gasteiger partial charge is 0.399 e. The molecule has 0 amide bonds. The number of nitrogens with zero attached hydrogens (tertiary/aromatic N) is 3. The predicted octanol–water partition coefficient (Wildman–Crippen LogP) is 2.79. The van der Waals surface area contributed by atoms with Gasteiger partial charge in [-0.25, -0.2) is 18.4 Å². The minimum Gasteiger partial charge on any atom is -0.399 e. The first kappa shape index (κ1) is 12.3. The van der Waals surface area contributed by atoms with E-state index in [-0.39, 0.29) is 5.69 Å². The maximum Gasteiger partial charge on any atom is 0.163 e. The van der Waals surface area contributed by atoms with Gasteiger partial charge in [0, 0.05) is 17.3 Å². The van der Waals surface area contributed by atoms with Crippen LogP contribution in [0.5, 0.6) is 0 Å². The standard InChI is InChI=1S/C14H10F2N4/c15-10-4-5-13(12(16)7-10)20-14(18-8-19-20)9-2-1-3-11(17)6-9/h1-8H,17H2. The van der Waals surface area contributed by atoms with Crippen LogP contribution in [0.3, 0.4) is 0 Å². The van der Waals surface area contributed by atoms with Crippen molar-refractivity contribution in [3.05, 3.63) is 60.4 Å². The third-order valence-corrected chi connectivity index (χ3v) is 2.83. The van der Waals surface area contributed by atoms with Gasteiger partial charge < -0.3 is 5.73 Å². The molecule has 0 bridgehead atoms. The Hall–Kier alpha value is -2.76. The van der Waals surface area contributed by atoms with Crippen LogP contribution in [0.4, 0.5) is 14.5 Å². The van der Waals surface area contributed by atoms with Gasteiger partial charge in [0.25, 0.3) is 0 Å². The molecular formula is C14H10F2N4. The summed E-state index contributed by atoms with van der Waals surface area (Å²) in [5.74, 6) is -0.916. The van der Waals surface area contributed by atoms with Gasteiger partial charge in [-0.3, -0.25) is 0 Å². The van der Waals surface area contributed by atoms with Gasteiger partial charge in [0.2, 0.25) is 0 Å². The molecule has 0 aliphatic heterocycles. The average molecular weight is 272 g/mol. The highest BCUT2D eigenvalue weighted by atomic mass is 19.1.